The van der Waals surface area contributed by atoms with Gasteiger partial charge in [-0.05, 0) is 40.9 Å². The fraction of sp³-hybridized carbons (Fsp3) is 0.375. The third-order valence-corrected chi connectivity index (χ3v) is 5.98. The summed E-state index contributed by atoms with van der Waals surface area (Å²) in [6.07, 6.45) is 0.747. The number of methoxy groups -OCH3 is 2. The van der Waals surface area contributed by atoms with Gasteiger partial charge in [-0.3, -0.25) is 0 Å². The minimum Gasteiger partial charge on any atom is -0.493 e. The third-order valence-electron chi connectivity index (χ3n) is 3.40. The monoisotopic (exact) mass is 355 g/mol. The van der Waals surface area contributed by atoms with E-state index in [2.05, 4.69) is 0 Å². The van der Waals surface area contributed by atoms with Crippen LogP contribution >= 0.6 is 11.3 Å². The molecular weight excluding hydrogens is 334 g/mol. The van der Waals surface area contributed by atoms with Crippen LogP contribution in [0, 0.1) is 0 Å². The van der Waals surface area contributed by atoms with Crippen LogP contribution in [0.3, 0.4) is 0 Å². The number of benzene rings is 1. The molecule has 1 heterocycles. The summed E-state index contributed by atoms with van der Waals surface area (Å²) >= 11 is 1.56. The number of hydrogen-bond donors (Lipinski definition) is 0. The molecule has 5 nitrogen and oxygen atoms in total. The Labute approximate surface area is 141 Å². The van der Waals surface area contributed by atoms with Gasteiger partial charge in [-0.2, -0.15) is 15.6 Å². The van der Waals surface area contributed by atoms with Gasteiger partial charge in [0.2, 0.25) is 10.0 Å². The number of sulfonamides is 1. The molecule has 0 N–H and O–H groups in total. The van der Waals surface area contributed by atoms with Crippen LogP contribution in [0.25, 0.3) is 0 Å². The smallest absolute Gasteiger partial charge is 0.243 e. The number of rotatable bonds is 8. The molecule has 1 aromatic heterocycles. The molecule has 126 valence electrons. The maximum Gasteiger partial charge on any atom is 0.243 e. The van der Waals surface area contributed by atoms with Crippen molar-refractivity contribution < 1.29 is 17.9 Å². The van der Waals surface area contributed by atoms with Gasteiger partial charge in [-0.15, -0.1) is 0 Å². The zero-order chi connectivity index (χ0) is 16.9. The lowest BCUT2D eigenvalue weighted by atomic mass is 10.3. The van der Waals surface area contributed by atoms with E-state index >= 15 is 0 Å². The summed E-state index contributed by atoms with van der Waals surface area (Å²) in [4.78, 5) is 0.207. The van der Waals surface area contributed by atoms with Crippen molar-refractivity contribution in [1.29, 1.82) is 0 Å². The molecular formula is C16H21NO4S2. The van der Waals surface area contributed by atoms with Crippen molar-refractivity contribution in [3.05, 3.63) is 40.6 Å². The largest absolute Gasteiger partial charge is 0.493 e. The first-order chi connectivity index (χ1) is 11.0. The second-order valence-corrected chi connectivity index (χ2v) is 7.70. The minimum absolute atomic E-state index is 0.207. The highest BCUT2D eigenvalue weighted by molar-refractivity contribution is 7.89. The highest BCUT2D eigenvalue weighted by Gasteiger charge is 2.25. The van der Waals surface area contributed by atoms with Crippen LogP contribution in [0.5, 0.6) is 11.5 Å². The van der Waals surface area contributed by atoms with E-state index in [-0.39, 0.29) is 4.90 Å². The van der Waals surface area contributed by atoms with Crippen LogP contribution < -0.4 is 9.47 Å². The van der Waals surface area contributed by atoms with Gasteiger partial charge >= 0.3 is 0 Å². The highest BCUT2D eigenvalue weighted by atomic mass is 32.2. The summed E-state index contributed by atoms with van der Waals surface area (Å²) in [5.74, 6) is 0.909. The zero-order valence-corrected chi connectivity index (χ0v) is 15.1. The van der Waals surface area contributed by atoms with E-state index in [1.807, 2.05) is 23.8 Å². The molecule has 0 aliphatic heterocycles. The molecule has 0 saturated heterocycles. The fourth-order valence-electron chi connectivity index (χ4n) is 2.25. The Morgan fingerprint density at radius 2 is 1.87 bits per heavy atom. The predicted octanol–water partition coefficient (Wildman–Crippen LogP) is 3.37. The summed E-state index contributed by atoms with van der Waals surface area (Å²) in [5, 5.41) is 3.91. The van der Waals surface area contributed by atoms with Crippen LogP contribution in [0.1, 0.15) is 18.9 Å². The Balaban J connectivity index is 2.36. The normalized spacial score (nSPS) is 11.7. The predicted molar refractivity (Wildman–Crippen MR) is 91.8 cm³/mol. The molecule has 23 heavy (non-hydrogen) atoms. The van der Waals surface area contributed by atoms with Crippen LogP contribution in [-0.4, -0.2) is 33.5 Å². The summed E-state index contributed by atoms with van der Waals surface area (Å²) in [6, 6.07) is 6.61. The Morgan fingerprint density at radius 3 is 2.43 bits per heavy atom. The van der Waals surface area contributed by atoms with Crippen molar-refractivity contribution in [1.82, 2.24) is 4.31 Å². The lowest BCUT2D eigenvalue weighted by molar-refractivity contribution is 0.353. The Bertz CT molecular complexity index is 727. The number of nitrogens with zero attached hydrogens (tertiary/aromatic N) is 1. The number of thiophene rings is 1. The molecule has 0 bridgehead atoms. The molecule has 0 unspecified atom stereocenters. The molecule has 0 fully saturated rings. The number of hydrogen-bond acceptors (Lipinski definition) is 5. The van der Waals surface area contributed by atoms with Gasteiger partial charge in [0.05, 0.1) is 19.1 Å². The maximum absolute atomic E-state index is 12.9. The molecule has 1 aromatic carbocycles. The van der Waals surface area contributed by atoms with Crippen LogP contribution in [0.15, 0.2) is 39.9 Å². The van der Waals surface area contributed by atoms with E-state index < -0.39 is 10.0 Å². The fourth-order valence-corrected chi connectivity index (χ4v) is 4.44. The summed E-state index contributed by atoms with van der Waals surface area (Å²) < 4.78 is 37.8. The van der Waals surface area contributed by atoms with Crippen molar-refractivity contribution in [2.75, 3.05) is 20.8 Å². The molecule has 2 aromatic rings. The van der Waals surface area contributed by atoms with Crippen LogP contribution in [0.4, 0.5) is 0 Å². The summed E-state index contributed by atoms with van der Waals surface area (Å²) in [6.45, 7) is 2.80. The first-order valence-corrected chi connectivity index (χ1v) is 9.64. The van der Waals surface area contributed by atoms with Gasteiger partial charge in [-0.1, -0.05) is 6.92 Å². The van der Waals surface area contributed by atoms with Crippen molar-refractivity contribution >= 4 is 21.4 Å². The van der Waals surface area contributed by atoms with Crippen LogP contribution in [0.2, 0.25) is 0 Å². The standard InChI is InChI=1S/C16H21NO4S2/c1-4-8-17(11-13-7-9-22-12-13)23(18,19)14-5-6-15(20-2)16(10-14)21-3/h5-7,9-10,12H,4,8,11H2,1-3H3. The van der Waals surface area contributed by atoms with Gasteiger partial charge in [0, 0.05) is 19.2 Å². The minimum atomic E-state index is -3.59. The van der Waals surface area contributed by atoms with Crippen LogP contribution in [-0.2, 0) is 16.6 Å². The molecule has 0 spiro atoms. The Kier molecular flexibility index (Phi) is 6.04. The van der Waals surface area contributed by atoms with E-state index in [1.165, 1.54) is 24.6 Å². The van der Waals surface area contributed by atoms with E-state index in [1.54, 1.807) is 23.5 Å². The molecule has 0 amide bonds. The lowest BCUT2D eigenvalue weighted by Gasteiger charge is -2.22. The first kappa shape index (κ1) is 17.8. The zero-order valence-electron chi connectivity index (χ0n) is 13.5. The summed E-state index contributed by atoms with van der Waals surface area (Å²) in [7, 11) is -0.585. The average Bonchev–Trinajstić information content (AvgIpc) is 3.06. The van der Waals surface area contributed by atoms with Crippen molar-refractivity contribution in [2.45, 2.75) is 24.8 Å². The van der Waals surface area contributed by atoms with Crippen molar-refractivity contribution in [2.24, 2.45) is 0 Å². The quantitative estimate of drug-likeness (QED) is 0.728. The van der Waals surface area contributed by atoms with Crippen molar-refractivity contribution in [3.8, 4) is 11.5 Å². The first-order valence-electron chi connectivity index (χ1n) is 7.26. The average molecular weight is 355 g/mol. The molecule has 0 saturated carbocycles. The molecule has 0 radical (unpaired) electrons. The van der Waals surface area contributed by atoms with Gasteiger partial charge in [0.15, 0.2) is 11.5 Å². The van der Waals surface area contributed by atoms with Gasteiger partial charge < -0.3 is 9.47 Å². The highest BCUT2D eigenvalue weighted by Crippen LogP contribution is 2.31. The summed E-state index contributed by atoms with van der Waals surface area (Å²) in [5.41, 5.74) is 0.993. The van der Waals surface area contributed by atoms with E-state index in [0.29, 0.717) is 24.6 Å². The van der Waals surface area contributed by atoms with Gasteiger partial charge in [-0.25, -0.2) is 8.42 Å². The maximum atomic E-state index is 12.9. The van der Waals surface area contributed by atoms with E-state index in [4.69, 9.17) is 9.47 Å². The topological polar surface area (TPSA) is 55.8 Å². The molecule has 0 atom stereocenters. The molecule has 0 aliphatic rings. The molecule has 0 aliphatic carbocycles. The van der Waals surface area contributed by atoms with Crippen molar-refractivity contribution in [3.63, 3.8) is 0 Å². The van der Waals surface area contributed by atoms with E-state index in [0.717, 1.165) is 12.0 Å². The Morgan fingerprint density at radius 1 is 1.13 bits per heavy atom. The molecule has 2 rings (SSSR count). The van der Waals surface area contributed by atoms with Gasteiger partial charge in [0.25, 0.3) is 0 Å². The second kappa shape index (κ2) is 7.81. The Hall–Kier alpha value is -1.57. The second-order valence-electron chi connectivity index (χ2n) is 4.99. The lowest BCUT2D eigenvalue weighted by Crippen LogP contribution is -2.31. The van der Waals surface area contributed by atoms with E-state index in [9.17, 15) is 8.42 Å². The SMILES string of the molecule is CCCN(Cc1ccsc1)S(=O)(=O)c1ccc(OC)c(OC)c1. The third kappa shape index (κ3) is 4.04. The molecule has 7 heteroatoms. The number of ether oxygens (including phenoxy) is 2. The van der Waals surface area contributed by atoms with Gasteiger partial charge in [0.1, 0.15) is 0 Å².